The van der Waals surface area contributed by atoms with E-state index in [4.69, 9.17) is 9.84 Å². The molecule has 0 heterocycles. The molecule has 14 heavy (non-hydrogen) atoms. The molecule has 0 atom stereocenters. The average Bonchev–Trinajstić information content (AvgIpc) is 2.16. The Morgan fingerprint density at radius 3 is 2.57 bits per heavy atom. The van der Waals surface area contributed by atoms with E-state index in [0.29, 0.717) is 18.1 Å². The third-order valence-corrected chi connectivity index (χ3v) is 1.66. The van der Waals surface area contributed by atoms with Crippen LogP contribution >= 0.6 is 0 Å². The zero-order chi connectivity index (χ0) is 11.0. The highest BCUT2D eigenvalue weighted by molar-refractivity contribution is 5.88. The molecule has 0 aliphatic rings. The lowest BCUT2D eigenvalue weighted by Crippen LogP contribution is -2.14. The van der Waals surface area contributed by atoms with Crippen molar-refractivity contribution in [1.82, 2.24) is 0 Å². The fraction of sp³-hybridized carbons (Fsp3) is 0.727. The number of esters is 1. The van der Waals surface area contributed by atoms with Crippen molar-refractivity contribution in [2.45, 2.75) is 33.6 Å². The summed E-state index contributed by atoms with van der Waals surface area (Å²) in [6.45, 7) is 6.13. The van der Waals surface area contributed by atoms with Gasteiger partial charge in [0, 0.05) is 0 Å². The Kier molecular flexibility index (Phi) is 7.11. The maximum absolute atomic E-state index is 11.3. The molecular weight excluding hydrogens is 180 g/mol. The fourth-order valence-electron chi connectivity index (χ4n) is 0.866. The summed E-state index contributed by atoms with van der Waals surface area (Å²) in [6, 6.07) is 0. The number of allylic oxidation sites excluding steroid dienone is 1. The number of unbranched alkanes of at least 4 members (excludes halogenated alkanes) is 1. The van der Waals surface area contributed by atoms with Gasteiger partial charge >= 0.3 is 5.97 Å². The van der Waals surface area contributed by atoms with Crippen molar-refractivity contribution in [3.05, 3.63) is 11.6 Å². The first-order valence-electron chi connectivity index (χ1n) is 5.08. The minimum atomic E-state index is -0.394. The minimum Gasteiger partial charge on any atom is -0.462 e. The van der Waals surface area contributed by atoms with Crippen LogP contribution in [-0.2, 0) is 9.53 Å². The molecular formula is C11H20O3. The van der Waals surface area contributed by atoms with Gasteiger partial charge < -0.3 is 9.84 Å². The second-order valence-electron chi connectivity index (χ2n) is 3.67. The third-order valence-electron chi connectivity index (χ3n) is 1.66. The first-order chi connectivity index (χ1) is 6.61. The predicted octanol–water partition coefficient (Wildman–Crippen LogP) is 1.90. The maximum Gasteiger partial charge on any atom is 0.336 e. The summed E-state index contributed by atoms with van der Waals surface area (Å²) in [6.07, 6.45) is 3.50. The predicted molar refractivity (Wildman–Crippen MR) is 55.9 cm³/mol. The number of hydrogen-bond donors (Lipinski definition) is 1. The van der Waals surface area contributed by atoms with Crippen LogP contribution in [0.3, 0.4) is 0 Å². The summed E-state index contributed by atoms with van der Waals surface area (Å²) < 4.78 is 4.99. The largest absolute Gasteiger partial charge is 0.462 e. The van der Waals surface area contributed by atoms with Crippen molar-refractivity contribution in [2.24, 2.45) is 5.92 Å². The van der Waals surface area contributed by atoms with Gasteiger partial charge in [0.05, 0.1) is 18.8 Å². The van der Waals surface area contributed by atoms with Crippen molar-refractivity contribution in [2.75, 3.05) is 13.2 Å². The second kappa shape index (κ2) is 7.56. The Bertz CT molecular complexity index is 195. The molecule has 0 saturated carbocycles. The van der Waals surface area contributed by atoms with Gasteiger partial charge in [0.2, 0.25) is 0 Å². The zero-order valence-electron chi connectivity index (χ0n) is 9.25. The third kappa shape index (κ3) is 5.75. The van der Waals surface area contributed by atoms with Gasteiger partial charge in [-0.15, -0.1) is 0 Å². The van der Waals surface area contributed by atoms with E-state index < -0.39 is 5.97 Å². The molecule has 0 radical (unpaired) electrons. The van der Waals surface area contributed by atoms with E-state index in [1.165, 1.54) is 0 Å². The number of aliphatic hydroxyl groups excluding tert-OH is 1. The second-order valence-corrected chi connectivity index (χ2v) is 3.67. The standard InChI is InChI=1S/C11H20O3/c1-4-5-6-10(7-12)11(13)14-8-9(2)3/h6,9,12H,4-5,7-8H2,1-3H3. The lowest BCUT2D eigenvalue weighted by molar-refractivity contribution is -0.140. The van der Waals surface area contributed by atoms with Gasteiger partial charge in [0.1, 0.15) is 0 Å². The maximum atomic E-state index is 11.3. The van der Waals surface area contributed by atoms with Crippen molar-refractivity contribution in [3.63, 3.8) is 0 Å². The number of carbonyl (C=O) groups is 1. The molecule has 0 rings (SSSR count). The van der Waals surface area contributed by atoms with E-state index in [1.54, 1.807) is 6.08 Å². The van der Waals surface area contributed by atoms with E-state index in [2.05, 4.69) is 0 Å². The molecule has 0 aliphatic carbocycles. The molecule has 0 fully saturated rings. The molecule has 0 spiro atoms. The van der Waals surface area contributed by atoms with E-state index in [1.807, 2.05) is 20.8 Å². The van der Waals surface area contributed by atoms with Gasteiger partial charge in [-0.1, -0.05) is 33.3 Å². The molecule has 0 aromatic heterocycles. The van der Waals surface area contributed by atoms with Crippen LogP contribution in [0.2, 0.25) is 0 Å². The number of ether oxygens (including phenoxy) is 1. The molecule has 0 bridgehead atoms. The smallest absolute Gasteiger partial charge is 0.336 e. The summed E-state index contributed by atoms with van der Waals surface area (Å²) in [5, 5.41) is 8.92. The fourth-order valence-corrected chi connectivity index (χ4v) is 0.866. The molecule has 0 aromatic rings. The SMILES string of the molecule is CCCC=C(CO)C(=O)OCC(C)C. The van der Waals surface area contributed by atoms with Gasteiger partial charge in [-0.2, -0.15) is 0 Å². The van der Waals surface area contributed by atoms with E-state index >= 15 is 0 Å². The van der Waals surface area contributed by atoms with Gasteiger partial charge in [-0.3, -0.25) is 0 Å². The Morgan fingerprint density at radius 1 is 1.50 bits per heavy atom. The van der Waals surface area contributed by atoms with Crippen molar-refractivity contribution >= 4 is 5.97 Å². The molecule has 3 nitrogen and oxygen atoms in total. The lowest BCUT2D eigenvalue weighted by atomic mass is 10.2. The van der Waals surface area contributed by atoms with E-state index in [0.717, 1.165) is 12.8 Å². The molecule has 82 valence electrons. The quantitative estimate of drug-likeness (QED) is 0.526. The van der Waals surface area contributed by atoms with Gasteiger partial charge in [-0.05, 0) is 12.3 Å². The Morgan fingerprint density at radius 2 is 2.14 bits per heavy atom. The highest BCUT2D eigenvalue weighted by Gasteiger charge is 2.09. The lowest BCUT2D eigenvalue weighted by Gasteiger charge is -2.08. The van der Waals surface area contributed by atoms with Crippen molar-refractivity contribution in [1.29, 1.82) is 0 Å². The van der Waals surface area contributed by atoms with Crippen LogP contribution in [0.25, 0.3) is 0 Å². The van der Waals surface area contributed by atoms with Crippen molar-refractivity contribution < 1.29 is 14.6 Å². The summed E-state index contributed by atoms with van der Waals surface area (Å²) in [4.78, 5) is 11.3. The molecule has 0 aliphatic heterocycles. The minimum absolute atomic E-state index is 0.239. The Labute approximate surface area is 85.8 Å². The first-order valence-corrected chi connectivity index (χ1v) is 5.08. The number of rotatable bonds is 6. The summed E-state index contributed by atoms with van der Waals surface area (Å²) >= 11 is 0. The highest BCUT2D eigenvalue weighted by Crippen LogP contribution is 2.03. The van der Waals surface area contributed by atoms with Crippen LogP contribution in [0.15, 0.2) is 11.6 Å². The topological polar surface area (TPSA) is 46.5 Å². The Hall–Kier alpha value is -0.830. The normalized spacial score (nSPS) is 11.9. The molecule has 0 amide bonds. The number of carbonyl (C=O) groups excluding carboxylic acids is 1. The zero-order valence-corrected chi connectivity index (χ0v) is 9.25. The van der Waals surface area contributed by atoms with E-state index in [9.17, 15) is 4.79 Å². The molecule has 1 N–H and O–H groups in total. The highest BCUT2D eigenvalue weighted by atomic mass is 16.5. The van der Waals surface area contributed by atoms with Crippen LogP contribution in [-0.4, -0.2) is 24.3 Å². The summed E-state index contributed by atoms with van der Waals surface area (Å²) in [5.41, 5.74) is 0.368. The van der Waals surface area contributed by atoms with E-state index in [-0.39, 0.29) is 6.61 Å². The van der Waals surface area contributed by atoms with Crippen LogP contribution in [0.1, 0.15) is 33.6 Å². The van der Waals surface area contributed by atoms with Crippen molar-refractivity contribution in [3.8, 4) is 0 Å². The molecule has 0 aromatic carbocycles. The first kappa shape index (κ1) is 13.2. The molecule has 0 unspecified atom stereocenters. The van der Waals surface area contributed by atoms with Gasteiger partial charge in [-0.25, -0.2) is 4.79 Å². The molecule has 0 saturated heterocycles. The monoisotopic (exact) mass is 200 g/mol. The number of hydrogen-bond acceptors (Lipinski definition) is 3. The van der Waals surface area contributed by atoms with Crippen LogP contribution < -0.4 is 0 Å². The average molecular weight is 200 g/mol. The number of aliphatic hydroxyl groups is 1. The molecule has 3 heteroatoms. The summed E-state index contributed by atoms with van der Waals surface area (Å²) in [7, 11) is 0. The van der Waals surface area contributed by atoms with Crippen LogP contribution in [0.4, 0.5) is 0 Å². The van der Waals surface area contributed by atoms with Crippen LogP contribution in [0, 0.1) is 5.92 Å². The summed E-state index contributed by atoms with van der Waals surface area (Å²) in [5.74, 6) is -0.0697. The Balaban J connectivity index is 4.04. The van der Waals surface area contributed by atoms with Gasteiger partial charge in [0.15, 0.2) is 0 Å². The van der Waals surface area contributed by atoms with Crippen LogP contribution in [0.5, 0.6) is 0 Å². The van der Waals surface area contributed by atoms with Gasteiger partial charge in [0.25, 0.3) is 0 Å².